The van der Waals surface area contributed by atoms with Gasteiger partial charge in [-0.2, -0.15) is 13.2 Å². The number of benzene rings is 1. The molecule has 132 valence electrons. The number of halogens is 4. The molecule has 1 atom stereocenters. The topological polar surface area (TPSA) is 44.7 Å². The molecule has 1 aliphatic rings. The van der Waals surface area contributed by atoms with Crippen molar-refractivity contribution in [1.82, 2.24) is 10.2 Å². The highest BCUT2D eigenvalue weighted by molar-refractivity contribution is 5.85. The maximum atomic E-state index is 13.0. The number of rotatable bonds is 5. The second kappa shape index (κ2) is 8.61. The molecule has 1 saturated heterocycles. The normalized spacial score (nSPS) is 17.4. The van der Waals surface area contributed by atoms with E-state index in [1.165, 1.54) is 6.07 Å². The van der Waals surface area contributed by atoms with Gasteiger partial charge >= 0.3 is 6.18 Å². The van der Waals surface area contributed by atoms with Crippen molar-refractivity contribution in [2.75, 3.05) is 32.8 Å². The number of hydrogen-bond acceptors (Lipinski definition) is 4. The van der Waals surface area contributed by atoms with Crippen LogP contribution in [0, 0.1) is 0 Å². The first-order valence-electron chi connectivity index (χ1n) is 7.38. The molecule has 0 saturated carbocycles. The lowest BCUT2D eigenvalue weighted by Gasteiger charge is -2.36. The monoisotopic (exact) mass is 354 g/mol. The third kappa shape index (κ3) is 5.44. The van der Waals surface area contributed by atoms with Crippen molar-refractivity contribution in [3.05, 3.63) is 23.8 Å². The molecule has 0 amide bonds. The van der Waals surface area contributed by atoms with Crippen LogP contribution in [-0.2, 0) is 0 Å². The molecule has 8 heteroatoms. The van der Waals surface area contributed by atoms with Crippen molar-refractivity contribution < 1.29 is 23.0 Å². The quantitative estimate of drug-likeness (QED) is 0.853. The largest absolute Gasteiger partial charge is 0.504 e. The molecule has 1 heterocycles. The van der Waals surface area contributed by atoms with Crippen LogP contribution in [0.2, 0.25) is 0 Å². The molecule has 1 aromatic carbocycles. The van der Waals surface area contributed by atoms with Gasteiger partial charge in [-0.1, -0.05) is 12.1 Å². The fraction of sp³-hybridized carbons (Fsp3) is 0.600. The minimum atomic E-state index is -4.30. The van der Waals surface area contributed by atoms with Gasteiger partial charge in [-0.25, -0.2) is 0 Å². The number of hydrogen-bond donors (Lipinski definition) is 2. The van der Waals surface area contributed by atoms with Crippen LogP contribution in [0.5, 0.6) is 11.5 Å². The Bertz CT molecular complexity index is 494. The SMILES string of the molecule is CCOc1cccc([C@@H](CC(F)(F)F)N2CCNCC2)c1O.Cl. The lowest BCUT2D eigenvalue weighted by atomic mass is 9.99. The number of para-hydroxylation sites is 1. The zero-order valence-corrected chi connectivity index (χ0v) is 13.7. The number of phenolic OH excluding ortho intramolecular Hbond substituents is 1. The molecule has 1 aliphatic heterocycles. The molecule has 0 aromatic heterocycles. The molecule has 2 N–H and O–H groups in total. The van der Waals surface area contributed by atoms with Crippen LogP contribution in [0.1, 0.15) is 24.9 Å². The summed E-state index contributed by atoms with van der Waals surface area (Å²) in [6, 6.07) is 3.81. The third-order valence-electron chi connectivity index (χ3n) is 3.71. The minimum absolute atomic E-state index is 0. The molecular weight excluding hydrogens is 333 g/mol. The van der Waals surface area contributed by atoms with E-state index in [4.69, 9.17) is 4.74 Å². The number of phenols is 1. The average Bonchev–Trinajstić information content (AvgIpc) is 2.47. The van der Waals surface area contributed by atoms with Crippen molar-refractivity contribution in [3.63, 3.8) is 0 Å². The highest BCUT2D eigenvalue weighted by atomic mass is 35.5. The van der Waals surface area contributed by atoms with E-state index in [1.54, 1.807) is 24.0 Å². The highest BCUT2D eigenvalue weighted by Crippen LogP contribution is 2.41. The van der Waals surface area contributed by atoms with E-state index in [0.717, 1.165) is 0 Å². The van der Waals surface area contributed by atoms with Crippen molar-refractivity contribution in [2.24, 2.45) is 0 Å². The summed E-state index contributed by atoms with van der Waals surface area (Å²) in [7, 11) is 0. The van der Waals surface area contributed by atoms with Crippen molar-refractivity contribution in [3.8, 4) is 11.5 Å². The predicted octanol–water partition coefficient (Wildman–Crippen LogP) is 3.11. The minimum Gasteiger partial charge on any atom is -0.504 e. The molecular formula is C15H22ClF3N2O2. The molecule has 0 radical (unpaired) electrons. The first-order valence-corrected chi connectivity index (χ1v) is 7.38. The Morgan fingerprint density at radius 3 is 2.52 bits per heavy atom. The molecule has 0 aliphatic carbocycles. The Labute approximate surface area is 140 Å². The standard InChI is InChI=1S/C15H21F3N2O2.ClH/c1-2-22-13-5-3-4-11(14(13)21)12(10-15(16,17)18)20-8-6-19-7-9-20;/h3-5,12,19,21H,2,6-10H2,1H3;1H/t12-;/m1./s1. The highest BCUT2D eigenvalue weighted by Gasteiger charge is 2.37. The Hall–Kier alpha value is -1.18. The Kier molecular flexibility index (Phi) is 7.44. The lowest BCUT2D eigenvalue weighted by Crippen LogP contribution is -2.46. The summed E-state index contributed by atoms with van der Waals surface area (Å²) in [5.74, 6) is 0.0273. The Morgan fingerprint density at radius 1 is 1.30 bits per heavy atom. The molecule has 2 rings (SSSR count). The van der Waals surface area contributed by atoms with Gasteiger partial charge in [0.2, 0.25) is 0 Å². The number of alkyl halides is 3. The van der Waals surface area contributed by atoms with Gasteiger partial charge < -0.3 is 15.2 Å². The van der Waals surface area contributed by atoms with Gasteiger partial charge in [0.25, 0.3) is 0 Å². The van der Waals surface area contributed by atoms with Crippen LogP contribution in [0.25, 0.3) is 0 Å². The van der Waals surface area contributed by atoms with E-state index in [-0.39, 0.29) is 29.5 Å². The summed E-state index contributed by atoms with van der Waals surface area (Å²) < 4.78 is 44.2. The van der Waals surface area contributed by atoms with E-state index in [1.807, 2.05) is 0 Å². The summed E-state index contributed by atoms with van der Waals surface area (Å²) in [6.07, 6.45) is -5.29. The molecule has 0 unspecified atom stereocenters. The Morgan fingerprint density at radius 2 is 1.96 bits per heavy atom. The third-order valence-corrected chi connectivity index (χ3v) is 3.71. The molecule has 23 heavy (non-hydrogen) atoms. The van der Waals surface area contributed by atoms with E-state index >= 15 is 0 Å². The van der Waals surface area contributed by atoms with E-state index in [2.05, 4.69) is 5.32 Å². The smallest absolute Gasteiger partial charge is 0.390 e. The summed E-state index contributed by atoms with van der Waals surface area (Å²) in [5, 5.41) is 13.4. The first-order chi connectivity index (χ1) is 10.4. The molecule has 4 nitrogen and oxygen atoms in total. The van der Waals surface area contributed by atoms with Crippen LogP contribution in [0.3, 0.4) is 0 Å². The van der Waals surface area contributed by atoms with E-state index in [0.29, 0.717) is 32.8 Å². The Balaban J connectivity index is 0.00000264. The van der Waals surface area contributed by atoms with Crippen LogP contribution in [0.4, 0.5) is 13.2 Å². The van der Waals surface area contributed by atoms with E-state index in [9.17, 15) is 18.3 Å². The summed E-state index contributed by atoms with van der Waals surface area (Å²) >= 11 is 0. The molecule has 0 bridgehead atoms. The molecule has 1 aromatic rings. The average molecular weight is 355 g/mol. The van der Waals surface area contributed by atoms with Crippen molar-refractivity contribution in [2.45, 2.75) is 25.6 Å². The maximum absolute atomic E-state index is 13.0. The van der Waals surface area contributed by atoms with Crippen molar-refractivity contribution >= 4 is 12.4 Å². The summed E-state index contributed by atoms with van der Waals surface area (Å²) in [5.41, 5.74) is 0.269. The molecule has 0 spiro atoms. The van der Waals surface area contributed by atoms with Gasteiger partial charge in [-0.3, -0.25) is 4.90 Å². The lowest BCUT2D eigenvalue weighted by molar-refractivity contribution is -0.148. The van der Waals surface area contributed by atoms with Crippen LogP contribution in [0.15, 0.2) is 18.2 Å². The number of nitrogens with one attached hydrogen (secondary N) is 1. The number of aromatic hydroxyl groups is 1. The summed E-state index contributed by atoms with van der Waals surface area (Å²) in [6.45, 7) is 4.41. The zero-order valence-electron chi connectivity index (χ0n) is 12.9. The van der Waals surface area contributed by atoms with E-state index < -0.39 is 18.6 Å². The predicted molar refractivity (Wildman–Crippen MR) is 84.4 cm³/mol. The van der Waals surface area contributed by atoms with Gasteiger partial charge in [0, 0.05) is 37.8 Å². The van der Waals surface area contributed by atoms with Gasteiger partial charge in [-0.15, -0.1) is 12.4 Å². The number of ether oxygens (including phenoxy) is 1. The zero-order chi connectivity index (χ0) is 16.2. The first kappa shape index (κ1) is 19.9. The van der Waals surface area contributed by atoms with Gasteiger partial charge in [0.1, 0.15) is 0 Å². The number of nitrogens with zero attached hydrogens (tertiary/aromatic N) is 1. The van der Waals surface area contributed by atoms with Gasteiger partial charge in [-0.05, 0) is 13.0 Å². The van der Waals surface area contributed by atoms with Crippen LogP contribution < -0.4 is 10.1 Å². The maximum Gasteiger partial charge on any atom is 0.390 e. The summed E-state index contributed by atoms with van der Waals surface area (Å²) in [4.78, 5) is 1.76. The second-order valence-electron chi connectivity index (χ2n) is 5.25. The van der Waals surface area contributed by atoms with Crippen molar-refractivity contribution in [1.29, 1.82) is 0 Å². The fourth-order valence-corrected chi connectivity index (χ4v) is 2.73. The van der Waals surface area contributed by atoms with Gasteiger partial charge in [0.05, 0.1) is 13.0 Å². The second-order valence-corrected chi connectivity index (χ2v) is 5.25. The number of piperazine rings is 1. The molecule has 1 fully saturated rings. The van der Waals surface area contributed by atoms with Crippen LogP contribution >= 0.6 is 12.4 Å². The van der Waals surface area contributed by atoms with Crippen LogP contribution in [-0.4, -0.2) is 49.0 Å². The van der Waals surface area contributed by atoms with Gasteiger partial charge in [0.15, 0.2) is 11.5 Å². The fourth-order valence-electron chi connectivity index (χ4n) is 2.73.